The van der Waals surface area contributed by atoms with Crippen LogP contribution in [0.3, 0.4) is 0 Å². The summed E-state index contributed by atoms with van der Waals surface area (Å²) in [4.78, 5) is 0. The van der Waals surface area contributed by atoms with Crippen molar-refractivity contribution in [3.63, 3.8) is 0 Å². The first kappa shape index (κ1) is 13.9. The summed E-state index contributed by atoms with van der Waals surface area (Å²) in [6.45, 7) is 0. The van der Waals surface area contributed by atoms with Crippen LogP contribution in [0.5, 0.6) is 5.75 Å². The van der Waals surface area contributed by atoms with Crippen molar-refractivity contribution in [1.82, 2.24) is 0 Å². The van der Waals surface area contributed by atoms with Crippen LogP contribution in [-0.4, -0.2) is 34.4 Å². The third-order valence-corrected chi connectivity index (χ3v) is 2.58. The molecule has 0 atom stereocenters. The van der Waals surface area contributed by atoms with Gasteiger partial charge in [-0.05, 0) is 18.2 Å². The lowest BCUT2D eigenvalue weighted by Gasteiger charge is -2.29. The molecule has 0 saturated carbocycles. The van der Waals surface area contributed by atoms with Crippen LogP contribution in [0.4, 0.5) is 4.39 Å². The number of rotatable bonds is 6. The molecule has 0 aromatic heterocycles. The number of ether oxygens (including phenoxy) is 4. The van der Waals surface area contributed by atoms with E-state index in [1.165, 1.54) is 40.6 Å². The Morgan fingerprint density at radius 2 is 1.65 bits per heavy atom. The van der Waals surface area contributed by atoms with Crippen molar-refractivity contribution < 1.29 is 23.3 Å². The molecule has 17 heavy (non-hydrogen) atoms. The second-order valence-corrected chi connectivity index (χ2v) is 3.43. The predicted octanol–water partition coefficient (Wildman–Crippen LogP) is 1.97. The summed E-state index contributed by atoms with van der Waals surface area (Å²) in [6, 6.07) is 4.25. The zero-order chi connectivity index (χ0) is 12.9. The van der Waals surface area contributed by atoms with Crippen molar-refractivity contribution in [2.75, 3.05) is 28.4 Å². The number of hydrogen-bond acceptors (Lipinski definition) is 4. The molecule has 0 N–H and O–H groups in total. The van der Waals surface area contributed by atoms with Crippen molar-refractivity contribution in [2.24, 2.45) is 0 Å². The van der Waals surface area contributed by atoms with E-state index in [9.17, 15) is 4.39 Å². The number of halogens is 1. The molecule has 0 aliphatic carbocycles. The van der Waals surface area contributed by atoms with Gasteiger partial charge in [0.2, 0.25) is 0 Å². The number of benzene rings is 1. The standard InChI is InChI=1S/C12H17FO4/c1-14-11-6-5-10(13)7-9(11)8-12(15-2,16-3)17-4/h5-7H,8H2,1-4H3. The summed E-state index contributed by atoms with van der Waals surface area (Å²) in [6.07, 6.45) is 0.220. The number of hydrogen-bond donors (Lipinski definition) is 0. The molecule has 0 bridgehead atoms. The molecule has 0 saturated heterocycles. The average Bonchev–Trinajstić information content (AvgIpc) is 2.36. The Hall–Kier alpha value is -1.17. The maximum absolute atomic E-state index is 13.2. The summed E-state index contributed by atoms with van der Waals surface area (Å²) in [5.74, 6) is -1.03. The minimum absolute atomic E-state index is 0.220. The van der Waals surface area contributed by atoms with E-state index in [4.69, 9.17) is 18.9 Å². The minimum atomic E-state index is -1.24. The normalized spacial score (nSPS) is 11.6. The maximum atomic E-state index is 13.2. The van der Waals surface area contributed by atoms with Crippen LogP contribution in [-0.2, 0) is 20.6 Å². The summed E-state index contributed by atoms with van der Waals surface area (Å²) < 4.78 is 33.8. The molecule has 1 aromatic rings. The van der Waals surface area contributed by atoms with Crippen LogP contribution in [0.2, 0.25) is 0 Å². The smallest absolute Gasteiger partial charge is 0.286 e. The van der Waals surface area contributed by atoms with Crippen LogP contribution < -0.4 is 4.74 Å². The van der Waals surface area contributed by atoms with Gasteiger partial charge in [0, 0.05) is 26.9 Å². The first-order valence-corrected chi connectivity index (χ1v) is 5.08. The van der Waals surface area contributed by atoms with E-state index in [-0.39, 0.29) is 12.2 Å². The van der Waals surface area contributed by atoms with Gasteiger partial charge in [0.1, 0.15) is 11.6 Å². The van der Waals surface area contributed by atoms with Crippen LogP contribution in [0.25, 0.3) is 0 Å². The Labute approximate surface area is 100 Å². The molecule has 0 radical (unpaired) electrons. The molecule has 0 spiro atoms. The molecule has 0 aliphatic rings. The van der Waals surface area contributed by atoms with Crippen LogP contribution in [0.15, 0.2) is 18.2 Å². The maximum Gasteiger partial charge on any atom is 0.286 e. The fourth-order valence-corrected chi connectivity index (χ4v) is 1.59. The molecule has 0 heterocycles. The highest BCUT2D eigenvalue weighted by Gasteiger charge is 2.31. The van der Waals surface area contributed by atoms with E-state index < -0.39 is 5.97 Å². The molecule has 96 valence electrons. The SMILES string of the molecule is COc1ccc(F)cc1CC(OC)(OC)OC. The van der Waals surface area contributed by atoms with Gasteiger partial charge in [-0.1, -0.05) is 0 Å². The van der Waals surface area contributed by atoms with E-state index in [1.807, 2.05) is 0 Å². The molecular formula is C12H17FO4. The van der Waals surface area contributed by atoms with Crippen LogP contribution in [0.1, 0.15) is 5.56 Å². The van der Waals surface area contributed by atoms with Crippen molar-refractivity contribution in [1.29, 1.82) is 0 Å². The molecule has 4 nitrogen and oxygen atoms in total. The van der Waals surface area contributed by atoms with E-state index in [2.05, 4.69) is 0 Å². The highest BCUT2D eigenvalue weighted by molar-refractivity contribution is 5.34. The van der Waals surface area contributed by atoms with Crippen molar-refractivity contribution >= 4 is 0 Å². The van der Waals surface area contributed by atoms with Crippen molar-refractivity contribution in [2.45, 2.75) is 12.4 Å². The fourth-order valence-electron chi connectivity index (χ4n) is 1.59. The quantitative estimate of drug-likeness (QED) is 0.717. The first-order valence-electron chi connectivity index (χ1n) is 5.08. The highest BCUT2D eigenvalue weighted by Crippen LogP contribution is 2.26. The minimum Gasteiger partial charge on any atom is -0.496 e. The van der Waals surface area contributed by atoms with Gasteiger partial charge in [-0.2, -0.15) is 0 Å². The Morgan fingerprint density at radius 3 is 2.12 bits per heavy atom. The van der Waals surface area contributed by atoms with Gasteiger partial charge < -0.3 is 18.9 Å². The molecule has 5 heteroatoms. The van der Waals surface area contributed by atoms with Gasteiger partial charge in [-0.15, -0.1) is 0 Å². The lowest BCUT2D eigenvalue weighted by Crippen LogP contribution is -2.38. The molecule has 0 aliphatic heterocycles. The molecule has 1 aromatic carbocycles. The third kappa shape index (κ3) is 3.15. The molecule has 0 unspecified atom stereocenters. The Balaban J connectivity index is 3.03. The molecule has 0 fully saturated rings. The monoisotopic (exact) mass is 244 g/mol. The first-order chi connectivity index (χ1) is 8.10. The fraction of sp³-hybridized carbons (Fsp3) is 0.500. The lowest BCUT2D eigenvalue weighted by atomic mass is 10.1. The predicted molar refractivity (Wildman–Crippen MR) is 60.4 cm³/mol. The second kappa shape index (κ2) is 5.95. The van der Waals surface area contributed by atoms with Gasteiger partial charge in [0.05, 0.1) is 13.5 Å². The van der Waals surface area contributed by atoms with Gasteiger partial charge in [-0.3, -0.25) is 0 Å². The van der Waals surface area contributed by atoms with Crippen molar-refractivity contribution in [3.8, 4) is 5.75 Å². The largest absolute Gasteiger partial charge is 0.496 e. The van der Waals surface area contributed by atoms with Gasteiger partial charge in [0.25, 0.3) is 5.97 Å². The van der Waals surface area contributed by atoms with Gasteiger partial charge >= 0.3 is 0 Å². The topological polar surface area (TPSA) is 36.9 Å². The lowest BCUT2D eigenvalue weighted by molar-refractivity contribution is -0.351. The van der Waals surface area contributed by atoms with E-state index in [0.717, 1.165) is 0 Å². The number of methoxy groups -OCH3 is 4. The second-order valence-electron chi connectivity index (χ2n) is 3.43. The molecular weight excluding hydrogens is 227 g/mol. The summed E-state index contributed by atoms with van der Waals surface area (Å²) in [5, 5.41) is 0. The zero-order valence-corrected chi connectivity index (χ0v) is 10.5. The Bertz CT molecular complexity index is 355. The summed E-state index contributed by atoms with van der Waals surface area (Å²) in [7, 11) is 5.89. The highest BCUT2D eigenvalue weighted by atomic mass is 19.1. The van der Waals surface area contributed by atoms with Crippen LogP contribution in [0, 0.1) is 5.82 Å². The van der Waals surface area contributed by atoms with E-state index in [1.54, 1.807) is 6.07 Å². The average molecular weight is 244 g/mol. The third-order valence-electron chi connectivity index (χ3n) is 2.58. The van der Waals surface area contributed by atoms with E-state index >= 15 is 0 Å². The zero-order valence-electron chi connectivity index (χ0n) is 10.5. The molecule has 1 rings (SSSR count). The van der Waals surface area contributed by atoms with Gasteiger partial charge in [-0.25, -0.2) is 4.39 Å². The summed E-state index contributed by atoms with van der Waals surface area (Å²) >= 11 is 0. The van der Waals surface area contributed by atoms with Gasteiger partial charge in [0.15, 0.2) is 0 Å². The Kier molecular flexibility index (Phi) is 4.86. The Morgan fingerprint density at radius 1 is 1.06 bits per heavy atom. The molecule has 0 amide bonds. The van der Waals surface area contributed by atoms with E-state index in [0.29, 0.717) is 11.3 Å². The van der Waals surface area contributed by atoms with Crippen LogP contribution >= 0.6 is 0 Å². The van der Waals surface area contributed by atoms with Crippen molar-refractivity contribution in [3.05, 3.63) is 29.6 Å². The summed E-state index contributed by atoms with van der Waals surface area (Å²) in [5.41, 5.74) is 0.609.